The zero-order valence-electron chi connectivity index (χ0n) is 10.1. The van der Waals surface area contributed by atoms with Crippen LogP contribution in [0.15, 0.2) is 24.3 Å². The summed E-state index contributed by atoms with van der Waals surface area (Å²) in [5.41, 5.74) is 3.62. The standard InChI is InChI=1S/C13H14N2O2/c1-8-5-4-6-11(13(16)17)12(8)15-10(3)7-9(2)14-15/h4-7H,1-3H3,(H,16,17). The lowest BCUT2D eigenvalue weighted by Crippen LogP contribution is -2.09. The monoisotopic (exact) mass is 230 g/mol. The van der Waals surface area contributed by atoms with Gasteiger partial charge in [0.25, 0.3) is 0 Å². The smallest absolute Gasteiger partial charge is 0.337 e. The summed E-state index contributed by atoms with van der Waals surface area (Å²) in [7, 11) is 0. The van der Waals surface area contributed by atoms with Gasteiger partial charge in [-0.05, 0) is 38.5 Å². The van der Waals surface area contributed by atoms with Crippen molar-refractivity contribution in [1.29, 1.82) is 0 Å². The van der Waals surface area contributed by atoms with Gasteiger partial charge in [-0.2, -0.15) is 5.10 Å². The molecule has 0 spiro atoms. The van der Waals surface area contributed by atoms with Crippen molar-refractivity contribution in [2.75, 3.05) is 0 Å². The summed E-state index contributed by atoms with van der Waals surface area (Å²) >= 11 is 0. The van der Waals surface area contributed by atoms with Crippen molar-refractivity contribution in [3.05, 3.63) is 46.8 Å². The molecule has 0 saturated carbocycles. The molecule has 0 aliphatic rings. The molecule has 0 aliphatic carbocycles. The molecule has 0 bridgehead atoms. The summed E-state index contributed by atoms with van der Waals surface area (Å²) in [6, 6.07) is 7.16. The molecule has 0 unspecified atom stereocenters. The minimum atomic E-state index is -0.934. The Morgan fingerprint density at radius 3 is 2.53 bits per heavy atom. The van der Waals surface area contributed by atoms with Crippen molar-refractivity contribution in [1.82, 2.24) is 9.78 Å². The molecular weight excluding hydrogens is 216 g/mol. The first-order valence-electron chi connectivity index (χ1n) is 5.37. The van der Waals surface area contributed by atoms with E-state index in [1.54, 1.807) is 16.8 Å². The SMILES string of the molecule is Cc1cc(C)n(-c2c(C)cccc2C(=O)O)n1. The Bertz CT molecular complexity index is 585. The molecule has 2 aromatic rings. The van der Waals surface area contributed by atoms with Crippen molar-refractivity contribution in [3.8, 4) is 5.69 Å². The molecule has 2 rings (SSSR count). The minimum absolute atomic E-state index is 0.274. The third-order valence-corrected chi connectivity index (χ3v) is 2.69. The van der Waals surface area contributed by atoms with Gasteiger partial charge >= 0.3 is 5.97 Å². The Morgan fingerprint density at radius 2 is 2.00 bits per heavy atom. The van der Waals surface area contributed by atoms with E-state index in [9.17, 15) is 9.90 Å². The second-order valence-corrected chi connectivity index (χ2v) is 4.12. The van der Waals surface area contributed by atoms with Crippen LogP contribution in [0.4, 0.5) is 0 Å². The Morgan fingerprint density at radius 1 is 1.29 bits per heavy atom. The molecule has 0 atom stereocenters. The summed E-state index contributed by atoms with van der Waals surface area (Å²) in [5.74, 6) is -0.934. The fourth-order valence-electron chi connectivity index (χ4n) is 1.97. The molecule has 1 heterocycles. The topological polar surface area (TPSA) is 55.1 Å². The van der Waals surface area contributed by atoms with Gasteiger partial charge in [-0.25, -0.2) is 9.48 Å². The lowest BCUT2D eigenvalue weighted by Gasteiger charge is -2.11. The van der Waals surface area contributed by atoms with E-state index in [2.05, 4.69) is 5.10 Å². The average molecular weight is 230 g/mol. The van der Waals surface area contributed by atoms with Crippen molar-refractivity contribution in [2.24, 2.45) is 0 Å². The van der Waals surface area contributed by atoms with Gasteiger partial charge in [0.2, 0.25) is 0 Å². The normalized spacial score (nSPS) is 10.5. The van der Waals surface area contributed by atoms with Crippen molar-refractivity contribution < 1.29 is 9.90 Å². The molecule has 0 fully saturated rings. The van der Waals surface area contributed by atoms with Crippen molar-refractivity contribution in [2.45, 2.75) is 20.8 Å². The summed E-state index contributed by atoms with van der Waals surface area (Å²) in [5, 5.41) is 13.5. The number of para-hydroxylation sites is 1. The first kappa shape index (κ1) is 11.4. The van der Waals surface area contributed by atoms with Crippen LogP contribution < -0.4 is 0 Å². The lowest BCUT2D eigenvalue weighted by molar-refractivity contribution is 0.0696. The quantitative estimate of drug-likeness (QED) is 0.862. The predicted molar refractivity (Wildman–Crippen MR) is 64.7 cm³/mol. The van der Waals surface area contributed by atoms with Gasteiger partial charge in [-0.15, -0.1) is 0 Å². The Balaban J connectivity index is 2.74. The molecule has 17 heavy (non-hydrogen) atoms. The van der Waals surface area contributed by atoms with Crippen LogP contribution in [0.2, 0.25) is 0 Å². The average Bonchev–Trinajstić information content (AvgIpc) is 2.57. The number of carboxylic acids is 1. The molecule has 0 radical (unpaired) electrons. The van der Waals surface area contributed by atoms with Gasteiger partial charge in [0.05, 0.1) is 16.9 Å². The van der Waals surface area contributed by atoms with Crippen LogP contribution >= 0.6 is 0 Å². The predicted octanol–water partition coefficient (Wildman–Crippen LogP) is 2.50. The number of benzene rings is 1. The first-order chi connectivity index (χ1) is 8.00. The van der Waals surface area contributed by atoms with Gasteiger partial charge in [-0.1, -0.05) is 12.1 Å². The van der Waals surface area contributed by atoms with Gasteiger partial charge in [0.15, 0.2) is 0 Å². The number of aromatic nitrogens is 2. The maximum atomic E-state index is 11.2. The second kappa shape index (κ2) is 4.05. The molecule has 1 aromatic carbocycles. The fraction of sp³-hybridized carbons (Fsp3) is 0.231. The summed E-state index contributed by atoms with van der Waals surface area (Å²) in [4.78, 5) is 11.2. The Labute approximate surface area is 99.5 Å². The number of hydrogen-bond acceptors (Lipinski definition) is 2. The third kappa shape index (κ3) is 1.93. The second-order valence-electron chi connectivity index (χ2n) is 4.12. The highest BCUT2D eigenvalue weighted by Gasteiger charge is 2.15. The highest BCUT2D eigenvalue weighted by molar-refractivity contribution is 5.92. The lowest BCUT2D eigenvalue weighted by atomic mass is 10.1. The van der Waals surface area contributed by atoms with E-state index in [0.29, 0.717) is 5.69 Å². The van der Waals surface area contributed by atoms with E-state index in [4.69, 9.17) is 0 Å². The van der Waals surface area contributed by atoms with Crippen molar-refractivity contribution in [3.63, 3.8) is 0 Å². The molecule has 1 aromatic heterocycles. The number of carboxylic acid groups (broad SMARTS) is 1. The summed E-state index contributed by atoms with van der Waals surface area (Å²) in [6.07, 6.45) is 0. The van der Waals surface area contributed by atoms with Gasteiger partial charge in [0, 0.05) is 5.69 Å². The molecule has 1 N–H and O–H groups in total. The molecule has 0 saturated heterocycles. The number of aromatic carboxylic acids is 1. The molecule has 0 amide bonds. The van der Waals surface area contributed by atoms with E-state index < -0.39 is 5.97 Å². The van der Waals surface area contributed by atoms with E-state index in [0.717, 1.165) is 17.0 Å². The zero-order chi connectivity index (χ0) is 12.6. The van der Waals surface area contributed by atoms with Crippen LogP contribution in [0, 0.1) is 20.8 Å². The number of hydrogen-bond donors (Lipinski definition) is 1. The van der Waals surface area contributed by atoms with E-state index in [1.165, 1.54) is 0 Å². The number of rotatable bonds is 2. The highest BCUT2D eigenvalue weighted by atomic mass is 16.4. The maximum absolute atomic E-state index is 11.2. The molecular formula is C13H14N2O2. The van der Waals surface area contributed by atoms with E-state index in [1.807, 2.05) is 32.9 Å². The molecule has 0 aliphatic heterocycles. The zero-order valence-corrected chi connectivity index (χ0v) is 10.1. The van der Waals surface area contributed by atoms with Crippen LogP contribution in [-0.2, 0) is 0 Å². The van der Waals surface area contributed by atoms with Crippen LogP contribution in [-0.4, -0.2) is 20.9 Å². The van der Waals surface area contributed by atoms with Gasteiger partial charge in [0.1, 0.15) is 0 Å². The molecule has 88 valence electrons. The fourth-order valence-corrected chi connectivity index (χ4v) is 1.97. The first-order valence-corrected chi connectivity index (χ1v) is 5.37. The highest BCUT2D eigenvalue weighted by Crippen LogP contribution is 2.21. The van der Waals surface area contributed by atoms with Crippen LogP contribution in [0.3, 0.4) is 0 Å². The molecule has 4 nitrogen and oxygen atoms in total. The van der Waals surface area contributed by atoms with Crippen molar-refractivity contribution >= 4 is 5.97 Å². The van der Waals surface area contributed by atoms with E-state index >= 15 is 0 Å². The Hall–Kier alpha value is -2.10. The third-order valence-electron chi connectivity index (χ3n) is 2.69. The van der Waals surface area contributed by atoms with E-state index in [-0.39, 0.29) is 5.56 Å². The van der Waals surface area contributed by atoms with Crippen LogP contribution in [0.1, 0.15) is 27.3 Å². The summed E-state index contributed by atoms with van der Waals surface area (Å²) < 4.78 is 1.69. The molecule has 4 heteroatoms. The number of nitrogens with zero attached hydrogens (tertiary/aromatic N) is 2. The number of aryl methyl sites for hydroxylation is 3. The van der Waals surface area contributed by atoms with Gasteiger partial charge in [-0.3, -0.25) is 0 Å². The maximum Gasteiger partial charge on any atom is 0.337 e. The van der Waals surface area contributed by atoms with Crippen LogP contribution in [0.5, 0.6) is 0 Å². The van der Waals surface area contributed by atoms with Crippen LogP contribution in [0.25, 0.3) is 5.69 Å². The number of carbonyl (C=O) groups is 1. The Kier molecular flexibility index (Phi) is 2.71. The summed E-state index contributed by atoms with van der Waals surface area (Å²) in [6.45, 7) is 5.69. The largest absolute Gasteiger partial charge is 0.478 e. The van der Waals surface area contributed by atoms with Gasteiger partial charge < -0.3 is 5.11 Å². The minimum Gasteiger partial charge on any atom is -0.478 e.